The monoisotopic (exact) mass is 289 g/mol. The van der Waals surface area contributed by atoms with Crippen molar-refractivity contribution < 1.29 is 8.78 Å². The minimum absolute atomic E-state index is 0.0445. The molecule has 0 bridgehead atoms. The largest absolute Gasteiger partial charge is 0.281 e. The molecular weight excluding hydrogens is 286 g/mol. The summed E-state index contributed by atoms with van der Waals surface area (Å²) in [6.07, 6.45) is -1.29. The summed E-state index contributed by atoms with van der Waals surface area (Å²) in [7, 11) is 0. The van der Waals surface area contributed by atoms with Crippen molar-refractivity contribution in [3.05, 3.63) is 26.5 Å². The maximum atomic E-state index is 12.1. The Bertz CT molecular complexity index is 267. The van der Waals surface area contributed by atoms with Gasteiger partial charge in [0.2, 0.25) is 0 Å². The summed E-state index contributed by atoms with van der Waals surface area (Å²) < 4.78 is 24.7. The van der Waals surface area contributed by atoms with Crippen LogP contribution in [0.3, 0.4) is 0 Å². The van der Waals surface area contributed by atoms with E-state index in [0.717, 1.165) is 0 Å². The number of rotatable bonds is 1. The summed E-state index contributed by atoms with van der Waals surface area (Å²) in [5, 5.41) is 0.0445. The highest BCUT2D eigenvalue weighted by Crippen LogP contribution is 2.27. The second-order valence-electron chi connectivity index (χ2n) is 1.79. The van der Waals surface area contributed by atoms with Crippen molar-refractivity contribution in [2.45, 2.75) is 6.43 Å². The van der Waals surface area contributed by atoms with Crippen molar-refractivity contribution in [1.29, 1.82) is 0 Å². The van der Waals surface area contributed by atoms with E-state index in [9.17, 15) is 8.78 Å². The molecule has 1 rings (SSSR count). The number of hydrogen-bond acceptors (Lipinski definition) is 1. The Balaban J connectivity index is 3.17. The fraction of sp³-hybridized carbons (Fsp3) is 0.167. The van der Waals surface area contributed by atoms with Gasteiger partial charge in [-0.25, -0.2) is 8.78 Å². The predicted octanol–water partition coefficient (Wildman–Crippen LogP) is 3.28. The molecule has 0 saturated carbocycles. The fourth-order valence-corrected chi connectivity index (χ4v) is 1.22. The van der Waals surface area contributed by atoms with Gasteiger partial charge < -0.3 is 0 Å². The van der Waals surface area contributed by atoms with E-state index in [1.165, 1.54) is 6.20 Å². The maximum absolute atomic E-state index is 12.1. The molecule has 0 spiro atoms. The van der Waals surface area contributed by atoms with Crippen LogP contribution in [-0.2, 0) is 0 Å². The van der Waals surface area contributed by atoms with Crippen LogP contribution in [0.4, 0.5) is 8.78 Å². The zero-order chi connectivity index (χ0) is 8.43. The van der Waals surface area contributed by atoms with Crippen LogP contribution < -0.4 is 0 Å². The van der Waals surface area contributed by atoms with Crippen LogP contribution >= 0.6 is 34.2 Å². The third-order valence-electron chi connectivity index (χ3n) is 1.08. The SMILES string of the molecule is FC(F)c1nccc(I)c1Cl. The first-order valence-corrected chi connectivity index (χ1v) is 4.16. The van der Waals surface area contributed by atoms with E-state index in [1.54, 1.807) is 6.07 Å². The van der Waals surface area contributed by atoms with Gasteiger partial charge in [-0.1, -0.05) is 11.6 Å². The van der Waals surface area contributed by atoms with Gasteiger partial charge in [0.15, 0.2) is 0 Å². The molecule has 1 heterocycles. The maximum Gasteiger partial charge on any atom is 0.281 e. The molecule has 1 aromatic heterocycles. The highest BCUT2D eigenvalue weighted by molar-refractivity contribution is 14.1. The van der Waals surface area contributed by atoms with Gasteiger partial charge in [0, 0.05) is 9.77 Å². The van der Waals surface area contributed by atoms with Crippen LogP contribution in [-0.4, -0.2) is 4.98 Å². The van der Waals surface area contributed by atoms with Gasteiger partial charge in [-0.05, 0) is 28.7 Å². The smallest absolute Gasteiger partial charge is 0.254 e. The van der Waals surface area contributed by atoms with Gasteiger partial charge in [-0.15, -0.1) is 0 Å². The number of halogens is 4. The third-order valence-corrected chi connectivity index (χ3v) is 2.69. The van der Waals surface area contributed by atoms with Crippen LogP contribution in [0.5, 0.6) is 0 Å². The van der Waals surface area contributed by atoms with E-state index in [0.29, 0.717) is 3.57 Å². The van der Waals surface area contributed by atoms with Crippen molar-refractivity contribution in [3.63, 3.8) is 0 Å². The zero-order valence-electron chi connectivity index (χ0n) is 5.19. The summed E-state index contributed by atoms with van der Waals surface area (Å²) >= 11 is 7.42. The Morgan fingerprint density at radius 2 is 2.18 bits per heavy atom. The zero-order valence-corrected chi connectivity index (χ0v) is 8.10. The third kappa shape index (κ3) is 1.99. The van der Waals surface area contributed by atoms with Crippen LogP contribution in [0.15, 0.2) is 12.3 Å². The summed E-state index contributed by atoms with van der Waals surface area (Å²) in [5.41, 5.74) is -0.349. The summed E-state index contributed by atoms with van der Waals surface area (Å²) in [6, 6.07) is 1.58. The second-order valence-corrected chi connectivity index (χ2v) is 3.33. The Morgan fingerprint density at radius 1 is 1.55 bits per heavy atom. The van der Waals surface area contributed by atoms with Crippen molar-refractivity contribution in [2.75, 3.05) is 0 Å². The second kappa shape index (κ2) is 3.62. The fourth-order valence-electron chi connectivity index (χ4n) is 0.587. The van der Waals surface area contributed by atoms with E-state index in [1.807, 2.05) is 22.6 Å². The molecule has 0 aliphatic carbocycles. The minimum atomic E-state index is -2.60. The first-order valence-electron chi connectivity index (χ1n) is 2.71. The molecule has 0 aliphatic rings. The van der Waals surface area contributed by atoms with Crippen LogP contribution in [0.2, 0.25) is 5.02 Å². The van der Waals surface area contributed by atoms with Gasteiger partial charge in [-0.3, -0.25) is 4.98 Å². The van der Waals surface area contributed by atoms with Gasteiger partial charge in [0.25, 0.3) is 6.43 Å². The summed E-state index contributed by atoms with van der Waals surface area (Å²) in [4.78, 5) is 3.45. The molecule has 0 saturated heterocycles. The Morgan fingerprint density at radius 3 is 2.64 bits per heavy atom. The van der Waals surface area contributed by atoms with Crippen LogP contribution in [0.25, 0.3) is 0 Å². The molecule has 0 radical (unpaired) electrons. The minimum Gasteiger partial charge on any atom is -0.254 e. The molecule has 1 nitrogen and oxygen atoms in total. The Kier molecular flexibility index (Phi) is 3.00. The molecule has 11 heavy (non-hydrogen) atoms. The lowest BCUT2D eigenvalue weighted by molar-refractivity contribution is 0.146. The standard InChI is InChI=1S/C6H3ClF2IN/c7-4-3(10)1-2-11-5(4)6(8)9/h1-2,6H. The van der Waals surface area contributed by atoms with Gasteiger partial charge in [-0.2, -0.15) is 0 Å². The lowest BCUT2D eigenvalue weighted by atomic mass is 10.4. The van der Waals surface area contributed by atoms with E-state index in [2.05, 4.69) is 4.98 Å². The molecule has 0 unspecified atom stereocenters. The molecule has 0 aromatic carbocycles. The quantitative estimate of drug-likeness (QED) is 0.723. The number of hydrogen-bond donors (Lipinski definition) is 0. The predicted molar refractivity (Wildman–Crippen MR) is 46.9 cm³/mol. The van der Waals surface area contributed by atoms with Gasteiger partial charge in [0.05, 0.1) is 5.02 Å². The van der Waals surface area contributed by atoms with Crippen molar-refractivity contribution in [1.82, 2.24) is 4.98 Å². The van der Waals surface area contributed by atoms with E-state index in [4.69, 9.17) is 11.6 Å². The summed E-state index contributed by atoms with van der Waals surface area (Å²) in [5.74, 6) is 0. The van der Waals surface area contributed by atoms with E-state index < -0.39 is 6.43 Å². The Labute approximate surface area is 80.9 Å². The topological polar surface area (TPSA) is 12.9 Å². The first kappa shape index (κ1) is 9.12. The average molecular weight is 289 g/mol. The van der Waals surface area contributed by atoms with Crippen LogP contribution in [0.1, 0.15) is 12.1 Å². The normalized spacial score (nSPS) is 10.6. The van der Waals surface area contributed by atoms with Gasteiger partial charge >= 0.3 is 0 Å². The van der Waals surface area contributed by atoms with Crippen molar-refractivity contribution in [2.24, 2.45) is 0 Å². The molecule has 0 atom stereocenters. The molecule has 1 aromatic rings. The number of alkyl halides is 2. The van der Waals surface area contributed by atoms with Crippen LogP contribution in [0, 0.1) is 3.57 Å². The first-order chi connectivity index (χ1) is 5.13. The molecule has 0 fully saturated rings. The van der Waals surface area contributed by atoms with E-state index in [-0.39, 0.29) is 10.7 Å². The number of aromatic nitrogens is 1. The molecule has 5 heteroatoms. The van der Waals surface area contributed by atoms with Gasteiger partial charge in [0.1, 0.15) is 5.69 Å². The summed E-state index contributed by atoms with van der Waals surface area (Å²) in [6.45, 7) is 0. The highest BCUT2D eigenvalue weighted by atomic mass is 127. The number of nitrogens with zero attached hydrogens (tertiary/aromatic N) is 1. The average Bonchev–Trinajstić information content (AvgIpc) is 1.94. The molecule has 0 amide bonds. The molecule has 0 N–H and O–H groups in total. The van der Waals surface area contributed by atoms with Crippen molar-refractivity contribution >= 4 is 34.2 Å². The molecular formula is C6H3ClF2IN. The molecule has 60 valence electrons. The Hall–Kier alpha value is 0.0300. The molecule has 0 aliphatic heterocycles. The highest BCUT2D eigenvalue weighted by Gasteiger charge is 2.14. The van der Waals surface area contributed by atoms with E-state index >= 15 is 0 Å². The van der Waals surface area contributed by atoms with Crippen molar-refractivity contribution in [3.8, 4) is 0 Å². The lowest BCUT2D eigenvalue weighted by Crippen LogP contribution is -1.92. The number of pyridine rings is 1. The lowest BCUT2D eigenvalue weighted by Gasteiger charge is -2.01.